The molecule has 0 spiro atoms. The zero-order valence-corrected chi connectivity index (χ0v) is 9.52. The van der Waals surface area contributed by atoms with Crippen molar-refractivity contribution in [3.8, 4) is 0 Å². The summed E-state index contributed by atoms with van der Waals surface area (Å²) in [6.45, 7) is 0.587. The summed E-state index contributed by atoms with van der Waals surface area (Å²) in [4.78, 5) is 7.94. The van der Waals surface area contributed by atoms with Crippen molar-refractivity contribution in [3.63, 3.8) is 0 Å². The zero-order chi connectivity index (χ0) is 11.3. The van der Waals surface area contributed by atoms with Gasteiger partial charge in [-0.2, -0.15) is 0 Å². The van der Waals surface area contributed by atoms with Crippen LogP contribution < -0.4 is 5.32 Å². The summed E-state index contributed by atoms with van der Waals surface area (Å²) in [5.74, 6) is 0.785. The highest BCUT2D eigenvalue weighted by Crippen LogP contribution is 2.27. The minimum absolute atomic E-state index is 0.554. The number of aliphatic hydroxyl groups is 1. The number of nitrogens with zero attached hydrogens (tertiary/aromatic N) is 2. The Balaban J connectivity index is 1.88. The average molecular weight is 221 g/mol. The van der Waals surface area contributed by atoms with E-state index in [-0.39, 0.29) is 0 Å². The molecule has 0 atom stereocenters. The number of anilines is 1. The number of hydrogen-bond acceptors (Lipinski definition) is 4. The van der Waals surface area contributed by atoms with Crippen LogP contribution in [0.1, 0.15) is 38.5 Å². The van der Waals surface area contributed by atoms with E-state index in [2.05, 4.69) is 15.3 Å². The van der Waals surface area contributed by atoms with Crippen LogP contribution in [-0.2, 0) is 0 Å². The lowest BCUT2D eigenvalue weighted by atomic mass is 9.94. The van der Waals surface area contributed by atoms with Gasteiger partial charge in [-0.25, -0.2) is 9.97 Å². The number of aromatic nitrogens is 2. The molecule has 0 amide bonds. The van der Waals surface area contributed by atoms with Crippen LogP contribution in [0.5, 0.6) is 0 Å². The minimum Gasteiger partial charge on any atom is -0.388 e. The largest absolute Gasteiger partial charge is 0.388 e. The molecule has 88 valence electrons. The van der Waals surface area contributed by atoms with Crippen LogP contribution in [0.3, 0.4) is 0 Å². The Bertz CT molecular complexity index is 307. The van der Waals surface area contributed by atoms with Gasteiger partial charge < -0.3 is 10.4 Å². The van der Waals surface area contributed by atoms with Crippen molar-refractivity contribution in [2.75, 3.05) is 11.9 Å². The van der Waals surface area contributed by atoms with Gasteiger partial charge in [-0.15, -0.1) is 0 Å². The average Bonchev–Trinajstić information content (AvgIpc) is 2.54. The molecule has 0 aliphatic heterocycles. The summed E-state index contributed by atoms with van der Waals surface area (Å²) in [5, 5.41) is 13.6. The van der Waals surface area contributed by atoms with Crippen LogP contribution in [0.15, 0.2) is 18.6 Å². The van der Waals surface area contributed by atoms with Crippen molar-refractivity contribution in [3.05, 3.63) is 18.6 Å². The van der Waals surface area contributed by atoms with Gasteiger partial charge in [0.05, 0.1) is 5.60 Å². The second-order valence-corrected chi connectivity index (χ2v) is 4.59. The molecule has 1 fully saturated rings. The Hall–Kier alpha value is -1.16. The Kier molecular flexibility index (Phi) is 3.72. The van der Waals surface area contributed by atoms with E-state index in [1.54, 1.807) is 6.20 Å². The van der Waals surface area contributed by atoms with Crippen molar-refractivity contribution >= 4 is 5.82 Å². The first-order chi connectivity index (χ1) is 7.79. The topological polar surface area (TPSA) is 58.0 Å². The highest BCUT2D eigenvalue weighted by atomic mass is 16.3. The number of hydrogen-bond donors (Lipinski definition) is 2. The molecule has 1 aliphatic carbocycles. The molecule has 16 heavy (non-hydrogen) atoms. The molecule has 0 radical (unpaired) electrons. The van der Waals surface area contributed by atoms with Crippen LogP contribution in [-0.4, -0.2) is 27.2 Å². The monoisotopic (exact) mass is 221 g/mol. The van der Waals surface area contributed by atoms with E-state index in [0.717, 1.165) is 31.5 Å². The molecule has 1 aliphatic rings. The van der Waals surface area contributed by atoms with Crippen LogP contribution in [0.2, 0.25) is 0 Å². The second kappa shape index (κ2) is 5.25. The molecule has 1 saturated carbocycles. The van der Waals surface area contributed by atoms with E-state index in [9.17, 15) is 5.11 Å². The van der Waals surface area contributed by atoms with E-state index < -0.39 is 5.60 Å². The van der Waals surface area contributed by atoms with Crippen molar-refractivity contribution in [2.24, 2.45) is 0 Å². The lowest BCUT2D eigenvalue weighted by Crippen LogP contribution is -2.36. The second-order valence-electron chi connectivity index (χ2n) is 4.59. The molecule has 0 aromatic carbocycles. The van der Waals surface area contributed by atoms with Crippen LogP contribution in [0.4, 0.5) is 5.82 Å². The van der Waals surface area contributed by atoms with Crippen LogP contribution in [0.25, 0.3) is 0 Å². The van der Waals surface area contributed by atoms with E-state index in [1.807, 2.05) is 6.07 Å². The Morgan fingerprint density at radius 1 is 1.25 bits per heavy atom. The zero-order valence-electron chi connectivity index (χ0n) is 9.52. The molecule has 2 N–H and O–H groups in total. The van der Waals surface area contributed by atoms with Gasteiger partial charge in [-0.3, -0.25) is 0 Å². The van der Waals surface area contributed by atoms with Gasteiger partial charge >= 0.3 is 0 Å². The quantitative estimate of drug-likeness (QED) is 0.766. The number of nitrogens with one attached hydrogen (secondary N) is 1. The number of rotatable bonds is 3. The molecular weight excluding hydrogens is 202 g/mol. The summed E-state index contributed by atoms with van der Waals surface area (Å²) >= 11 is 0. The fourth-order valence-corrected chi connectivity index (χ4v) is 2.21. The molecule has 0 unspecified atom stereocenters. The van der Waals surface area contributed by atoms with Crippen molar-refractivity contribution in [2.45, 2.75) is 44.1 Å². The van der Waals surface area contributed by atoms with Gasteiger partial charge in [-0.05, 0) is 18.9 Å². The van der Waals surface area contributed by atoms with Crippen molar-refractivity contribution < 1.29 is 5.11 Å². The maximum atomic E-state index is 10.4. The Morgan fingerprint density at radius 2 is 2.00 bits per heavy atom. The third-order valence-electron chi connectivity index (χ3n) is 3.21. The lowest BCUT2D eigenvalue weighted by Gasteiger charge is -2.26. The van der Waals surface area contributed by atoms with Gasteiger partial charge in [0.25, 0.3) is 0 Å². The van der Waals surface area contributed by atoms with Gasteiger partial charge in [-0.1, -0.05) is 25.7 Å². The first-order valence-electron chi connectivity index (χ1n) is 6.01. The summed E-state index contributed by atoms with van der Waals surface area (Å²) in [7, 11) is 0. The summed E-state index contributed by atoms with van der Waals surface area (Å²) in [6.07, 6.45) is 9.75. The summed E-state index contributed by atoms with van der Waals surface area (Å²) in [5.41, 5.74) is -0.554. The predicted octanol–water partition coefficient (Wildman–Crippen LogP) is 1.97. The molecule has 0 bridgehead atoms. The van der Waals surface area contributed by atoms with Gasteiger partial charge in [0.1, 0.15) is 12.1 Å². The third-order valence-corrected chi connectivity index (χ3v) is 3.21. The van der Waals surface area contributed by atoms with Gasteiger partial charge in [0, 0.05) is 12.7 Å². The fourth-order valence-electron chi connectivity index (χ4n) is 2.21. The fraction of sp³-hybridized carbons (Fsp3) is 0.667. The highest BCUT2D eigenvalue weighted by Gasteiger charge is 2.27. The van der Waals surface area contributed by atoms with Gasteiger partial charge in [0.2, 0.25) is 0 Å². The standard InChI is InChI=1S/C12H19N3O/c16-12(6-3-1-2-4-7-12)9-14-11-5-8-13-10-15-11/h5,8,10,16H,1-4,6-7,9H2,(H,13,14,15). The first-order valence-corrected chi connectivity index (χ1v) is 6.01. The van der Waals surface area contributed by atoms with E-state index >= 15 is 0 Å². The van der Waals surface area contributed by atoms with Crippen molar-refractivity contribution in [1.82, 2.24) is 9.97 Å². The minimum atomic E-state index is -0.554. The lowest BCUT2D eigenvalue weighted by molar-refractivity contribution is 0.0380. The molecule has 1 heterocycles. The summed E-state index contributed by atoms with van der Waals surface area (Å²) < 4.78 is 0. The molecular formula is C12H19N3O. The molecule has 0 saturated heterocycles. The van der Waals surface area contributed by atoms with E-state index in [0.29, 0.717) is 6.54 Å². The maximum absolute atomic E-state index is 10.4. The van der Waals surface area contributed by atoms with Crippen LogP contribution >= 0.6 is 0 Å². The normalized spacial score (nSPS) is 20.1. The van der Waals surface area contributed by atoms with Crippen LogP contribution in [0, 0.1) is 0 Å². The highest BCUT2D eigenvalue weighted by molar-refractivity contribution is 5.32. The van der Waals surface area contributed by atoms with Crippen molar-refractivity contribution in [1.29, 1.82) is 0 Å². The first kappa shape index (κ1) is 11.3. The van der Waals surface area contributed by atoms with Gasteiger partial charge in [0.15, 0.2) is 0 Å². The molecule has 4 heteroatoms. The predicted molar refractivity (Wildman–Crippen MR) is 63.2 cm³/mol. The molecule has 4 nitrogen and oxygen atoms in total. The Labute approximate surface area is 96.1 Å². The van der Waals surface area contributed by atoms with E-state index in [1.165, 1.54) is 19.2 Å². The van der Waals surface area contributed by atoms with E-state index in [4.69, 9.17) is 0 Å². The third kappa shape index (κ3) is 3.17. The molecule has 1 aromatic rings. The SMILES string of the molecule is OC1(CNc2ccncn2)CCCCCC1. The smallest absolute Gasteiger partial charge is 0.129 e. The summed E-state index contributed by atoms with van der Waals surface area (Å²) in [6, 6.07) is 1.82. The molecule has 2 rings (SSSR count). The Morgan fingerprint density at radius 3 is 2.62 bits per heavy atom. The maximum Gasteiger partial charge on any atom is 0.129 e. The molecule has 1 aromatic heterocycles.